The first-order valence-corrected chi connectivity index (χ1v) is 5.50. The highest BCUT2D eigenvalue weighted by Crippen LogP contribution is 2.23. The van der Waals surface area contributed by atoms with Crippen molar-refractivity contribution in [2.45, 2.75) is 46.6 Å². The normalized spacial score (nSPS) is 13.9. The van der Waals surface area contributed by atoms with Crippen LogP contribution in [0.3, 0.4) is 0 Å². The molecule has 0 spiro atoms. The van der Waals surface area contributed by atoms with Crippen molar-refractivity contribution in [3.05, 3.63) is 29.6 Å². The fourth-order valence-electron chi connectivity index (χ4n) is 1.49. The van der Waals surface area contributed by atoms with Gasteiger partial charge in [0.25, 0.3) is 0 Å². The van der Waals surface area contributed by atoms with E-state index in [2.05, 4.69) is 38.7 Å². The van der Waals surface area contributed by atoms with Gasteiger partial charge in [-0.3, -0.25) is 4.98 Å². The second-order valence-corrected chi connectivity index (χ2v) is 5.19. The third-order valence-electron chi connectivity index (χ3n) is 2.77. The van der Waals surface area contributed by atoms with E-state index in [0.29, 0.717) is 0 Å². The van der Waals surface area contributed by atoms with E-state index in [-0.39, 0.29) is 11.5 Å². The van der Waals surface area contributed by atoms with Gasteiger partial charge in [-0.25, -0.2) is 0 Å². The smallest absolute Gasteiger partial charge is 0.0592 e. The van der Waals surface area contributed by atoms with Crippen LogP contribution >= 0.6 is 0 Å². The van der Waals surface area contributed by atoms with Crippen LogP contribution in [0.4, 0.5) is 0 Å². The first-order valence-electron chi connectivity index (χ1n) is 5.50. The molecule has 0 radical (unpaired) electrons. The molecule has 1 rings (SSSR count). The summed E-state index contributed by atoms with van der Waals surface area (Å²) in [4.78, 5) is 4.32. The molecule has 1 N–H and O–H groups in total. The lowest BCUT2D eigenvalue weighted by atomic mass is 9.86. The Morgan fingerprint density at radius 3 is 2.60 bits per heavy atom. The molecule has 1 aromatic rings. The second-order valence-electron chi connectivity index (χ2n) is 5.19. The van der Waals surface area contributed by atoms with Gasteiger partial charge in [0.15, 0.2) is 0 Å². The maximum absolute atomic E-state index is 9.91. The summed E-state index contributed by atoms with van der Waals surface area (Å²) >= 11 is 0. The summed E-state index contributed by atoms with van der Waals surface area (Å²) in [7, 11) is 0. The van der Waals surface area contributed by atoms with Crippen LogP contribution in [0.25, 0.3) is 0 Å². The summed E-state index contributed by atoms with van der Waals surface area (Å²) < 4.78 is 0. The molecule has 2 heteroatoms. The second kappa shape index (κ2) is 4.75. The predicted molar refractivity (Wildman–Crippen MR) is 62.8 cm³/mol. The molecule has 0 aliphatic heterocycles. The number of rotatable bonds is 3. The van der Waals surface area contributed by atoms with Gasteiger partial charge in [-0.1, -0.05) is 26.8 Å². The Morgan fingerprint density at radius 1 is 1.40 bits per heavy atom. The van der Waals surface area contributed by atoms with Gasteiger partial charge in [-0.05, 0) is 36.8 Å². The van der Waals surface area contributed by atoms with Gasteiger partial charge in [0.05, 0.1) is 6.10 Å². The molecule has 0 amide bonds. The largest absolute Gasteiger partial charge is 0.393 e. The van der Waals surface area contributed by atoms with E-state index in [9.17, 15) is 5.11 Å². The predicted octanol–water partition coefficient (Wildman–Crippen LogP) is 2.73. The van der Waals surface area contributed by atoms with Crippen LogP contribution < -0.4 is 0 Å². The number of pyridine rings is 1. The van der Waals surface area contributed by atoms with E-state index in [1.807, 2.05) is 12.3 Å². The van der Waals surface area contributed by atoms with E-state index in [4.69, 9.17) is 0 Å². The number of aromatic nitrogens is 1. The van der Waals surface area contributed by atoms with Crippen molar-refractivity contribution in [1.29, 1.82) is 0 Å². The van der Waals surface area contributed by atoms with Crippen LogP contribution in [0, 0.1) is 12.3 Å². The van der Waals surface area contributed by atoms with Gasteiger partial charge in [0.2, 0.25) is 0 Å². The zero-order chi connectivity index (χ0) is 11.5. The fraction of sp³-hybridized carbons (Fsp3) is 0.615. The van der Waals surface area contributed by atoms with Crippen molar-refractivity contribution in [1.82, 2.24) is 4.98 Å². The van der Waals surface area contributed by atoms with Gasteiger partial charge in [0.1, 0.15) is 0 Å². The van der Waals surface area contributed by atoms with Crippen LogP contribution in [0.2, 0.25) is 0 Å². The zero-order valence-corrected chi connectivity index (χ0v) is 10.1. The minimum absolute atomic E-state index is 0.0390. The van der Waals surface area contributed by atoms with E-state index >= 15 is 0 Å². The Labute approximate surface area is 92.4 Å². The molecule has 0 saturated heterocycles. The van der Waals surface area contributed by atoms with Crippen LogP contribution in [-0.2, 0) is 6.42 Å². The summed E-state index contributed by atoms with van der Waals surface area (Å²) in [5.41, 5.74) is 2.27. The number of aliphatic hydroxyl groups is 1. The molecule has 0 aliphatic rings. The molecular formula is C13H21NO. The first-order chi connectivity index (χ1) is 6.91. The Kier molecular flexibility index (Phi) is 3.86. The third kappa shape index (κ3) is 3.63. The van der Waals surface area contributed by atoms with E-state index in [1.165, 1.54) is 5.56 Å². The van der Waals surface area contributed by atoms with Crippen LogP contribution in [0.5, 0.6) is 0 Å². The topological polar surface area (TPSA) is 33.1 Å². The van der Waals surface area contributed by atoms with Crippen molar-refractivity contribution in [2.24, 2.45) is 5.41 Å². The highest BCUT2D eigenvalue weighted by Gasteiger charge is 2.21. The number of hydrogen-bond donors (Lipinski definition) is 1. The average Bonchev–Trinajstić information content (AvgIpc) is 2.14. The molecule has 0 bridgehead atoms. The highest BCUT2D eigenvalue weighted by molar-refractivity contribution is 5.17. The van der Waals surface area contributed by atoms with Gasteiger partial charge in [-0.2, -0.15) is 0 Å². The minimum atomic E-state index is -0.265. The van der Waals surface area contributed by atoms with Gasteiger partial charge >= 0.3 is 0 Å². The van der Waals surface area contributed by atoms with E-state index in [0.717, 1.165) is 18.5 Å². The third-order valence-corrected chi connectivity index (χ3v) is 2.77. The van der Waals surface area contributed by atoms with Crippen LogP contribution in [0.15, 0.2) is 18.3 Å². The van der Waals surface area contributed by atoms with E-state index < -0.39 is 0 Å². The van der Waals surface area contributed by atoms with Crippen molar-refractivity contribution >= 4 is 0 Å². The maximum Gasteiger partial charge on any atom is 0.0592 e. The molecular weight excluding hydrogens is 186 g/mol. The lowest BCUT2D eigenvalue weighted by molar-refractivity contribution is 0.0557. The molecule has 84 valence electrons. The van der Waals surface area contributed by atoms with Crippen molar-refractivity contribution in [3.63, 3.8) is 0 Å². The number of hydrogen-bond acceptors (Lipinski definition) is 2. The molecule has 1 unspecified atom stereocenters. The first kappa shape index (κ1) is 12.2. The van der Waals surface area contributed by atoms with Crippen molar-refractivity contribution in [2.75, 3.05) is 0 Å². The molecule has 2 nitrogen and oxygen atoms in total. The summed E-state index contributed by atoms with van der Waals surface area (Å²) in [6.07, 6.45) is 3.18. The van der Waals surface area contributed by atoms with Gasteiger partial charge < -0.3 is 5.11 Å². The standard InChI is InChI=1S/C13H21NO/c1-10-6-5-9-14-11(10)7-8-12(15)13(2,3)4/h5-6,9,12,15H,7-8H2,1-4H3. The van der Waals surface area contributed by atoms with Crippen molar-refractivity contribution < 1.29 is 5.11 Å². The molecule has 1 atom stereocenters. The van der Waals surface area contributed by atoms with Crippen LogP contribution in [-0.4, -0.2) is 16.2 Å². The zero-order valence-electron chi connectivity index (χ0n) is 10.1. The van der Waals surface area contributed by atoms with Gasteiger partial charge in [-0.15, -0.1) is 0 Å². The van der Waals surface area contributed by atoms with Crippen LogP contribution in [0.1, 0.15) is 38.4 Å². The molecule has 0 saturated carbocycles. The Bertz CT molecular complexity index is 315. The fourth-order valence-corrected chi connectivity index (χ4v) is 1.49. The van der Waals surface area contributed by atoms with E-state index in [1.54, 1.807) is 0 Å². The summed E-state index contributed by atoms with van der Waals surface area (Å²) in [5, 5.41) is 9.91. The molecule has 0 aliphatic carbocycles. The average molecular weight is 207 g/mol. The highest BCUT2D eigenvalue weighted by atomic mass is 16.3. The molecule has 1 aromatic heterocycles. The molecule has 0 fully saturated rings. The monoisotopic (exact) mass is 207 g/mol. The Hall–Kier alpha value is -0.890. The summed E-state index contributed by atoms with van der Waals surface area (Å²) in [5.74, 6) is 0. The molecule has 1 heterocycles. The quantitative estimate of drug-likeness (QED) is 0.826. The summed E-state index contributed by atoms with van der Waals surface area (Å²) in [6.45, 7) is 8.24. The molecule has 15 heavy (non-hydrogen) atoms. The van der Waals surface area contributed by atoms with Gasteiger partial charge in [0, 0.05) is 11.9 Å². The van der Waals surface area contributed by atoms with Crippen molar-refractivity contribution in [3.8, 4) is 0 Å². The Morgan fingerprint density at radius 2 is 2.07 bits per heavy atom. The summed E-state index contributed by atoms with van der Waals surface area (Å²) in [6, 6.07) is 4.00. The number of aryl methyl sites for hydroxylation is 2. The number of aliphatic hydroxyl groups excluding tert-OH is 1. The lowest BCUT2D eigenvalue weighted by Gasteiger charge is -2.25. The lowest BCUT2D eigenvalue weighted by Crippen LogP contribution is -2.26. The number of nitrogens with zero attached hydrogens (tertiary/aromatic N) is 1. The minimum Gasteiger partial charge on any atom is -0.393 e. The molecule has 0 aromatic carbocycles. The SMILES string of the molecule is Cc1cccnc1CCC(O)C(C)(C)C. The maximum atomic E-state index is 9.91. The Balaban J connectivity index is 2.55.